The molecule has 0 N–H and O–H groups in total. The third-order valence-corrected chi connectivity index (χ3v) is 0.718. The largest absolute Gasteiger partial charge is 0.207 e. The van der Waals surface area contributed by atoms with E-state index in [4.69, 9.17) is 11.6 Å². The van der Waals surface area contributed by atoms with E-state index in [1.807, 2.05) is 0 Å². The third-order valence-electron chi connectivity index (χ3n) is 0.718. The van der Waals surface area contributed by atoms with Gasteiger partial charge in [0.25, 0.3) is 0 Å². The van der Waals surface area contributed by atoms with Crippen molar-refractivity contribution in [3.63, 3.8) is 0 Å². The second kappa shape index (κ2) is 6.72. The fourth-order valence-electron chi connectivity index (χ4n) is 0.416. The molecule has 0 spiro atoms. The van der Waals surface area contributed by atoms with Gasteiger partial charge in [-0.1, -0.05) is 0 Å². The van der Waals surface area contributed by atoms with Gasteiger partial charge in [0.1, 0.15) is 11.6 Å². The summed E-state index contributed by atoms with van der Waals surface area (Å²) >= 11 is 7.64. The predicted octanol–water partition coefficient (Wildman–Crippen LogP) is 2.49. The molecule has 0 bridgehead atoms. The summed E-state index contributed by atoms with van der Waals surface area (Å²) in [6, 6.07) is 5.23. The summed E-state index contributed by atoms with van der Waals surface area (Å²) in [6.45, 7) is 0. The minimum absolute atomic E-state index is 0.572. The summed E-state index contributed by atoms with van der Waals surface area (Å²) < 4.78 is 24.4. The number of rotatable bonds is 0. The van der Waals surface area contributed by atoms with Crippen molar-refractivity contribution in [1.29, 1.82) is 0 Å². The molecule has 64 valence electrons. The Balaban J connectivity index is 0.000000292. The van der Waals surface area contributed by atoms with E-state index in [1.165, 1.54) is 0 Å². The molecule has 4 heteroatoms. The van der Waals surface area contributed by atoms with Crippen LogP contribution in [0.1, 0.15) is 0 Å². The first kappa shape index (κ1) is 11.0. The van der Waals surface area contributed by atoms with Crippen LogP contribution in [0, 0.1) is 17.7 Å². The van der Waals surface area contributed by atoms with Gasteiger partial charge in [0.2, 0.25) is 0 Å². The van der Waals surface area contributed by atoms with Gasteiger partial charge in [0.15, 0.2) is 0 Å². The molecular formula is C7H5ClF2Pd. The molecule has 0 unspecified atom stereocenters. The molecule has 0 heterocycles. The molecule has 0 saturated carbocycles. The fraction of sp³-hybridized carbons (Fsp3) is 0.143. The van der Waals surface area contributed by atoms with Crippen LogP contribution in [-0.4, -0.2) is 4.35 Å². The number of benzene rings is 1. The molecule has 0 saturated heterocycles. The van der Waals surface area contributed by atoms with Crippen molar-refractivity contribution in [3.8, 4) is 0 Å². The third kappa shape index (κ3) is 6.43. The van der Waals surface area contributed by atoms with E-state index in [2.05, 4.69) is 25.3 Å². The van der Waals surface area contributed by atoms with Gasteiger partial charge in [-0.05, 0) is 18.2 Å². The number of halogens is 3. The Morgan fingerprint density at radius 2 is 1.73 bits per heavy atom. The SMILES string of the molecule is Cl[CH2][Pd].Fc1c[c]cc(F)c1. The minimum atomic E-state index is -0.593. The van der Waals surface area contributed by atoms with Crippen molar-refractivity contribution in [2.45, 2.75) is 0 Å². The zero-order valence-electron chi connectivity index (χ0n) is 5.39. The Morgan fingerprint density at radius 1 is 1.36 bits per heavy atom. The Hall–Kier alpha value is 0.0323. The number of hydrogen-bond donors (Lipinski definition) is 0. The van der Waals surface area contributed by atoms with Crippen LogP contribution >= 0.6 is 11.6 Å². The van der Waals surface area contributed by atoms with Gasteiger partial charge in [-0.2, -0.15) is 0 Å². The first-order valence-corrected chi connectivity index (χ1v) is 4.23. The van der Waals surface area contributed by atoms with Gasteiger partial charge in [-0.25, -0.2) is 8.78 Å². The van der Waals surface area contributed by atoms with Crippen LogP contribution in [0.4, 0.5) is 8.78 Å². The van der Waals surface area contributed by atoms with Crippen LogP contribution in [-0.2, 0) is 19.2 Å². The summed E-state index contributed by atoms with van der Waals surface area (Å²) in [6.07, 6.45) is 0. The molecule has 0 atom stereocenters. The van der Waals surface area contributed by atoms with Crippen molar-refractivity contribution in [2.24, 2.45) is 0 Å². The van der Waals surface area contributed by atoms with Crippen LogP contribution in [0.2, 0.25) is 0 Å². The van der Waals surface area contributed by atoms with Gasteiger partial charge >= 0.3 is 35.2 Å². The molecular weight excluding hydrogens is 264 g/mol. The molecule has 0 aliphatic rings. The number of alkyl halides is 1. The van der Waals surface area contributed by atoms with E-state index in [9.17, 15) is 8.78 Å². The first-order chi connectivity index (χ1) is 5.20. The maximum atomic E-state index is 11.9. The van der Waals surface area contributed by atoms with E-state index >= 15 is 0 Å². The first-order valence-electron chi connectivity index (χ1n) is 2.60. The van der Waals surface area contributed by atoms with Gasteiger partial charge < -0.3 is 0 Å². The summed E-state index contributed by atoms with van der Waals surface area (Å²) in [5, 5.41) is 0. The molecule has 1 rings (SSSR count). The van der Waals surface area contributed by atoms with Gasteiger partial charge in [0, 0.05) is 6.07 Å². The fourth-order valence-corrected chi connectivity index (χ4v) is 0.416. The Labute approximate surface area is 80.0 Å². The van der Waals surface area contributed by atoms with Crippen LogP contribution in [0.15, 0.2) is 18.2 Å². The second-order valence-electron chi connectivity index (χ2n) is 1.45. The summed E-state index contributed by atoms with van der Waals surface area (Å²) in [7, 11) is 0. The molecule has 1 radical (unpaired) electrons. The monoisotopic (exact) mass is 268 g/mol. The Bertz CT molecular complexity index is 188. The van der Waals surface area contributed by atoms with Gasteiger partial charge in [-0.3, -0.25) is 0 Å². The normalized spacial score (nSPS) is 8.45. The molecule has 1 aromatic rings. The average Bonchev–Trinajstić information content (AvgIpc) is 1.88. The van der Waals surface area contributed by atoms with Crippen LogP contribution in [0.3, 0.4) is 0 Å². The molecule has 0 aromatic heterocycles. The van der Waals surface area contributed by atoms with Gasteiger partial charge in [-0.15, -0.1) is 0 Å². The van der Waals surface area contributed by atoms with Crippen molar-refractivity contribution in [2.75, 3.05) is 4.35 Å². The maximum Gasteiger partial charge on any atom is 0.126 e. The maximum absolute atomic E-state index is 11.9. The van der Waals surface area contributed by atoms with Crippen molar-refractivity contribution < 1.29 is 28.0 Å². The van der Waals surface area contributed by atoms with Crippen LogP contribution in [0.5, 0.6) is 0 Å². The molecule has 0 aliphatic carbocycles. The van der Waals surface area contributed by atoms with Crippen LogP contribution in [0.25, 0.3) is 0 Å². The molecule has 11 heavy (non-hydrogen) atoms. The van der Waals surface area contributed by atoms with E-state index < -0.39 is 11.6 Å². The Morgan fingerprint density at radius 3 is 1.91 bits per heavy atom. The van der Waals surface area contributed by atoms with E-state index in [0.29, 0.717) is 4.35 Å². The van der Waals surface area contributed by atoms with E-state index in [1.54, 1.807) is 0 Å². The molecule has 0 fully saturated rings. The molecule has 0 amide bonds. The van der Waals surface area contributed by atoms with E-state index in [-0.39, 0.29) is 0 Å². The Kier molecular flexibility index (Phi) is 6.74. The van der Waals surface area contributed by atoms with E-state index in [0.717, 1.165) is 18.2 Å². The van der Waals surface area contributed by atoms with Crippen molar-refractivity contribution in [1.82, 2.24) is 0 Å². The summed E-state index contributed by atoms with van der Waals surface area (Å²) in [5.41, 5.74) is 0. The topological polar surface area (TPSA) is 0 Å². The standard InChI is InChI=1S/C6H3F2.CH2Cl.Pd/c7-5-2-1-3-6(8)4-5;1-2;/h2-4H;1H2;. The smallest absolute Gasteiger partial charge is 0.126 e. The summed E-state index contributed by atoms with van der Waals surface area (Å²) in [5.74, 6) is -1.19. The summed E-state index contributed by atoms with van der Waals surface area (Å²) in [4.78, 5) is 0. The molecule has 0 aliphatic heterocycles. The van der Waals surface area contributed by atoms with Crippen LogP contribution < -0.4 is 0 Å². The predicted molar refractivity (Wildman–Crippen MR) is 35.9 cm³/mol. The molecule has 0 nitrogen and oxygen atoms in total. The number of hydrogen-bond acceptors (Lipinski definition) is 0. The molecule has 1 aromatic carbocycles. The average molecular weight is 269 g/mol. The zero-order valence-corrected chi connectivity index (χ0v) is 7.70. The van der Waals surface area contributed by atoms with Gasteiger partial charge in [0.05, 0.1) is 0 Å². The second-order valence-corrected chi connectivity index (χ2v) is 2.87. The van der Waals surface area contributed by atoms with Crippen molar-refractivity contribution in [3.05, 3.63) is 35.9 Å². The minimum Gasteiger partial charge on any atom is -0.207 e. The zero-order chi connectivity index (χ0) is 8.69. The van der Waals surface area contributed by atoms with Crippen molar-refractivity contribution >= 4 is 11.6 Å². The quantitative estimate of drug-likeness (QED) is 0.501.